The molecule has 0 radical (unpaired) electrons. The number of hydrogen-bond acceptors (Lipinski definition) is 4. The molecule has 0 saturated heterocycles. The summed E-state index contributed by atoms with van der Waals surface area (Å²) in [4.78, 5) is 22.7. The van der Waals surface area contributed by atoms with E-state index in [1.165, 1.54) is 24.0 Å². The third kappa shape index (κ3) is 2.84. The number of amides is 1. The molecule has 0 bridgehead atoms. The van der Waals surface area contributed by atoms with Crippen molar-refractivity contribution in [2.24, 2.45) is 0 Å². The number of halogens is 1. The highest BCUT2D eigenvalue weighted by Crippen LogP contribution is 2.24. The van der Waals surface area contributed by atoms with Crippen LogP contribution in [-0.2, 0) is 14.3 Å². The van der Waals surface area contributed by atoms with Crippen LogP contribution in [0.5, 0.6) is 0 Å². The first-order valence-corrected chi connectivity index (χ1v) is 5.68. The number of nitrogens with one attached hydrogen (secondary N) is 1. The van der Waals surface area contributed by atoms with Crippen LogP contribution in [0.1, 0.15) is 4.88 Å². The smallest absolute Gasteiger partial charge is 0.333 e. The van der Waals surface area contributed by atoms with Crippen LogP contribution in [0.25, 0.3) is 5.57 Å². The zero-order valence-corrected chi connectivity index (χ0v) is 10.0. The van der Waals surface area contributed by atoms with Crippen molar-refractivity contribution >= 4 is 40.9 Å². The molecule has 1 unspecified atom stereocenters. The molecule has 0 spiro atoms. The van der Waals surface area contributed by atoms with Gasteiger partial charge in [0.2, 0.25) is 6.41 Å². The van der Waals surface area contributed by atoms with Gasteiger partial charge in [0, 0.05) is 16.0 Å². The molecule has 0 aliphatic carbocycles. The van der Waals surface area contributed by atoms with Crippen LogP contribution in [0.2, 0.25) is 0 Å². The van der Waals surface area contributed by atoms with Gasteiger partial charge in [-0.15, -0.1) is 11.3 Å². The van der Waals surface area contributed by atoms with Gasteiger partial charge in [0.05, 0.1) is 7.11 Å². The Balaban J connectivity index is 3.00. The molecule has 1 atom stereocenters. The molecule has 0 aromatic carbocycles. The predicted molar refractivity (Wildman–Crippen MR) is 63.2 cm³/mol. The van der Waals surface area contributed by atoms with E-state index in [2.05, 4.69) is 10.1 Å². The highest BCUT2D eigenvalue weighted by Gasteiger charge is 2.24. The van der Waals surface area contributed by atoms with E-state index in [0.29, 0.717) is 12.0 Å². The van der Waals surface area contributed by atoms with Gasteiger partial charge in [0.15, 0.2) is 6.04 Å². The summed E-state index contributed by atoms with van der Waals surface area (Å²) in [5.74, 6) is -0.563. The van der Waals surface area contributed by atoms with E-state index >= 15 is 0 Å². The van der Waals surface area contributed by atoms with E-state index in [9.17, 15) is 9.59 Å². The molecule has 1 amide bonds. The van der Waals surface area contributed by atoms with Gasteiger partial charge in [-0.3, -0.25) is 4.79 Å². The highest BCUT2D eigenvalue weighted by atomic mass is 35.5. The lowest BCUT2D eigenvalue weighted by molar-refractivity contribution is -0.142. The Hall–Kier alpha value is -1.33. The van der Waals surface area contributed by atoms with Crippen LogP contribution in [0, 0.1) is 0 Å². The Morgan fingerprint density at radius 1 is 1.69 bits per heavy atom. The van der Waals surface area contributed by atoms with E-state index in [1.807, 2.05) is 11.4 Å². The molecule has 1 heterocycles. The van der Waals surface area contributed by atoms with Gasteiger partial charge >= 0.3 is 5.97 Å². The molecule has 1 aromatic heterocycles. The van der Waals surface area contributed by atoms with Crippen molar-refractivity contribution in [2.75, 3.05) is 7.11 Å². The third-order valence-electron chi connectivity index (χ3n) is 1.91. The van der Waals surface area contributed by atoms with Gasteiger partial charge in [-0.2, -0.15) is 0 Å². The second-order valence-corrected chi connectivity index (χ2v) is 3.95. The maximum absolute atomic E-state index is 11.5. The van der Waals surface area contributed by atoms with E-state index in [1.54, 1.807) is 6.07 Å². The van der Waals surface area contributed by atoms with Crippen LogP contribution in [0.3, 0.4) is 0 Å². The van der Waals surface area contributed by atoms with E-state index in [4.69, 9.17) is 11.6 Å². The lowest BCUT2D eigenvalue weighted by Crippen LogP contribution is -2.37. The third-order valence-corrected chi connectivity index (χ3v) is 3.06. The highest BCUT2D eigenvalue weighted by molar-refractivity contribution is 7.11. The summed E-state index contributed by atoms with van der Waals surface area (Å²) >= 11 is 7.09. The Morgan fingerprint density at radius 3 is 2.88 bits per heavy atom. The zero-order chi connectivity index (χ0) is 12.0. The maximum Gasteiger partial charge on any atom is 0.333 e. The van der Waals surface area contributed by atoms with Crippen LogP contribution >= 0.6 is 22.9 Å². The van der Waals surface area contributed by atoms with Gasteiger partial charge in [-0.1, -0.05) is 17.7 Å². The molecule has 4 nitrogen and oxygen atoms in total. The SMILES string of the molecule is COC(=O)C(NC=O)/C(=C/Cl)c1cccs1. The number of thiophene rings is 1. The molecule has 0 fully saturated rings. The lowest BCUT2D eigenvalue weighted by Gasteiger charge is -2.15. The Labute approximate surface area is 102 Å². The van der Waals surface area contributed by atoms with E-state index < -0.39 is 12.0 Å². The van der Waals surface area contributed by atoms with Crippen molar-refractivity contribution in [1.82, 2.24) is 5.32 Å². The summed E-state index contributed by atoms with van der Waals surface area (Å²) < 4.78 is 4.59. The van der Waals surface area contributed by atoms with Crippen molar-refractivity contribution in [3.8, 4) is 0 Å². The summed E-state index contributed by atoms with van der Waals surface area (Å²) in [5, 5.41) is 4.22. The number of esters is 1. The second kappa shape index (κ2) is 6.30. The van der Waals surface area contributed by atoms with Crippen LogP contribution in [-0.4, -0.2) is 25.5 Å². The minimum absolute atomic E-state index is 0.440. The quantitative estimate of drug-likeness (QED) is 0.646. The minimum atomic E-state index is -0.876. The number of hydrogen-bond donors (Lipinski definition) is 1. The molecule has 1 aromatic rings. The first kappa shape index (κ1) is 12.7. The maximum atomic E-state index is 11.5. The Bertz CT molecular complexity index is 389. The van der Waals surface area contributed by atoms with Crippen molar-refractivity contribution in [3.05, 3.63) is 27.9 Å². The van der Waals surface area contributed by atoms with Crippen molar-refractivity contribution in [1.29, 1.82) is 0 Å². The minimum Gasteiger partial charge on any atom is -0.467 e. The summed E-state index contributed by atoms with van der Waals surface area (Å²) in [7, 11) is 1.25. The lowest BCUT2D eigenvalue weighted by atomic mass is 10.1. The average molecular weight is 260 g/mol. The molecule has 86 valence electrons. The summed E-state index contributed by atoms with van der Waals surface area (Å²) in [6.07, 6.45) is 0.440. The second-order valence-electron chi connectivity index (χ2n) is 2.78. The van der Waals surface area contributed by atoms with Gasteiger partial charge < -0.3 is 10.1 Å². The van der Waals surface area contributed by atoms with Crippen LogP contribution < -0.4 is 5.32 Å². The molecular weight excluding hydrogens is 250 g/mol. The molecule has 1 rings (SSSR count). The predicted octanol–water partition coefficient (Wildman–Crippen LogP) is 1.62. The first-order valence-electron chi connectivity index (χ1n) is 4.36. The molecule has 6 heteroatoms. The summed E-state index contributed by atoms with van der Waals surface area (Å²) in [5.41, 5.74) is 1.78. The van der Waals surface area contributed by atoms with Gasteiger partial charge in [-0.05, 0) is 11.4 Å². The van der Waals surface area contributed by atoms with Gasteiger partial charge in [-0.25, -0.2) is 4.79 Å². The van der Waals surface area contributed by atoms with Crippen LogP contribution in [0.15, 0.2) is 23.0 Å². The van der Waals surface area contributed by atoms with Gasteiger partial charge in [0.25, 0.3) is 0 Å². The molecule has 16 heavy (non-hydrogen) atoms. The standard InChI is InChI=1S/C10H10ClNO3S/c1-15-10(14)9(12-6-13)7(5-11)8-3-2-4-16-8/h2-6,9H,1H3,(H,12,13)/b7-5+. The molecular formula is C10H10ClNO3S. The number of carbonyl (C=O) groups excluding carboxylic acids is 2. The fourth-order valence-electron chi connectivity index (χ4n) is 1.17. The molecule has 0 aliphatic heterocycles. The summed E-state index contributed by atoms with van der Waals surface area (Å²) in [6, 6.07) is 2.76. The largest absolute Gasteiger partial charge is 0.467 e. The number of rotatable bonds is 5. The topological polar surface area (TPSA) is 55.4 Å². The van der Waals surface area contributed by atoms with Gasteiger partial charge in [0.1, 0.15) is 0 Å². The first-order chi connectivity index (χ1) is 7.74. The van der Waals surface area contributed by atoms with E-state index in [-0.39, 0.29) is 0 Å². The van der Waals surface area contributed by atoms with Crippen LogP contribution in [0.4, 0.5) is 0 Å². The van der Waals surface area contributed by atoms with E-state index in [0.717, 1.165) is 4.88 Å². The fraction of sp³-hybridized carbons (Fsp3) is 0.200. The fourth-order valence-corrected chi connectivity index (χ4v) is 2.25. The molecule has 0 saturated carbocycles. The number of carbonyl (C=O) groups is 2. The summed E-state index contributed by atoms with van der Waals surface area (Å²) in [6.45, 7) is 0. The van der Waals surface area contributed by atoms with Crippen molar-refractivity contribution < 1.29 is 14.3 Å². The van der Waals surface area contributed by atoms with Crippen molar-refractivity contribution in [2.45, 2.75) is 6.04 Å². The molecule has 0 aliphatic rings. The Kier molecular flexibility index (Phi) is 5.01. The number of methoxy groups -OCH3 is 1. The number of ether oxygens (including phenoxy) is 1. The average Bonchev–Trinajstić information content (AvgIpc) is 2.81. The Morgan fingerprint density at radius 2 is 2.44 bits per heavy atom. The van der Waals surface area contributed by atoms with Crippen molar-refractivity contribution in [3.63, 3.8) is 0 Å². The molecule has 1 N–H and O–H groups in total. The monoisotopic (exact) mass is 259 g/mol. The zero-order valence-electron chi connectivity index (χ0n) is 8.48. The normalized spacial score (nSPS) is 13.0.